The van der Waals surface area contributed by atoms with Gasteiger partial charge in [0.25, 0.3) is 0 Å². The lowest BCUT2D eigenvalue weighted by Gasteiger charge is -2.11. The molecule has 21 heavy (non-hydrogen) atoms. The van der Waals surface area contributed by atoms with Crippen LogP contribution in [0.15, 0.2) is 60.7 Å². The zero-order valence-electron chi connectivity index (χ0n) is 11.2. The summed E-state index contributed by atoms with van der Waals surface area (Å²) in [5.41, 5.74) is 7.53. The molecule has 0 nitrogen and oxygen atoms in total. The molecule has 0 aliphatic heterocycles. The molecular formula is C19H12Cl2. The lowest BCUT2D eigenvalue weighted by Crippen LogP contribution is -1.89. The van der Waals surface area contributed by atoms with E-state index < -0.39 is 0 Å². The van der Waals surface area contributed by atoms with Crippen molar-refractivity contribution in [3.63, 3.8) is 0 Å². The molecule has 0 bridgehead atoms. The van der Waals surface area contributed by atoms with Gasteiger partial charge < -0.3 is 0 Å². The van der Waals surface area contributed by atoms with E-state index in [1.807, 2.05) is 18.2 Å². The summed E-state index contributed by atoms with van der Waals surface area (Å²) in [5, 5.41) is 1.23. The van der Waals surface area contributed by atoms with Crippen LogP contribution >= 0.6 is 23.2 Å². The van der Waals surface area contributed by atoms with Crippen LogP contribution in [0.4, 0.5) is 0 Å². The number of hydrogen-bond acceptors (Lipinski definition) is 0. The maximum atomic E-state index is 6.41. The van der Waals surface area contributed by atoms with E-state index in [1.54, 1.807) is 0 Å². The predicted molar refractivity (Wildman–Crippen MR) is 90.1 cm³/mol. The van der Waals surface area contributed by atoms with E-state index in [-0.39, 0.29) is 0 Å². The van der Waals surface area contributed by atoms with Crippen LogP contribution in [0.25, 0.3) is 22.3 Å². The maximum absolute atomic E-state index is 6.41. The van der Waals surface area contributed by atoms with E-state index in [1.165, 1.54) is 27.8 Å². The zero-order chi connectivity index (χ0) is 14.4. The van der Waals surface area contributed by atoms with Gasteiger partial charge in [0.05, 0.1) is 10.0 Å². The Bertz CT molecular complexity index is 850. The monoisotopic (exact) mass is 310 g/mol. The van der Waals surface area contributed by atoms with Gasteiger partial charge in [-0.3, -0.25) is 0 Å². The van der Waals surface area contributed by atoms with Crippen molar-refractivity contribution >= 4 is 23.2 Å². The van der Waals surface area contributed by atoms with Crippen molar-refractivity contribution in [2.45, 2.75) is 6.42 Å². The van der Waals surface area contributed by atoms with Crippen LogP contribution in [-0.2, 0) is 6.42 Å². The standard InChI is InChI=1S/C19H12Cl2/c20-18-10-4-9-16(19(18)21)15-8-3-7-14-13-6-2-1-5-12(13)11-17(14)15/h1-10H,11H2. The normalized spacial score (nSPS) is 12.1. The molecule has 102 valence electrons. The van der Waals surface area contributed by atoms with Gasteiger partial charge in [0.1, 0.15) is 0 Å². The van der Waals surface area contributed by atoms with Gasteiger partial charge in [0, 0.05) is 5.56 Å². The van der Waals surface area contributed by atoms with Crippen molar-refractivity contribution in [3.8, 4) is 22.3 Å². The van der Waals surface area contributed by atoms with Crippen molar-refractivity contribution in [3.05, 3.63) is 81.8 Å². The minimum absolute atomic E-state index is 0.599. The third-order valence-corrected chi connectivity index (χ3v) is 4.91. The maximum Gasteiger partial charge on any atom is 0.0670 e. The van der Waals surface area contributed by atoms with Crippen LogP contribution in [0.1, 0.15) is 11.1 Å². The van der Waals surface area contributed by atoms with E-state index in [4.69, 9.17) is 23.2 Å². The van der Waals surface area contributed by atoms with Gasteiger partial charge in [-0.05, 0) is 40.3 Å². The van der Waals surface area contributed by atoms with E-state index >= 15 is 0 Å². The lowest BCUT2D eigenvalue weighted by molar-refractivity contribution is 1.26. The molecule has 0 amide bonds. The van der Waals surface area contributed by atoms with Gasteiger partial charge in [0.15, 0.2) is 0 Å². The molecule has 3 aromatic rings. The summed E-state index contributed by atoms with van der Waals surface area (Å²) in [6, 6.07) is 20.8. The Morgan fingerprint density at radius 2 is 1.24 bits per heavy atom. The van der Waals surface area contributed by atoms with E-state index in [0.717, 1.165) is 12.0 Å². The first kappa shape index (κ1) is 12.9. The van der Waals surface area contributed by atoms with Gasteiger partial charge in [0.2, 0.25) is 0 Å². The number of halogens is 2. The second-order valence-corrected chi connectivity index (χ2v) is 6.05. The largest absolute Gasteiger partial charge is 0.0827 e. The highest BCUT2D eigenvalue weighted by atomic mass is 35.5. The number of fused-ring (bicyclic) bond motifs is 3. The Morgan fingerprint density at radius 1 is 0.619 bits per heavy atom. The molecule has 0 N–H and O–H groups in total. The molecule has 1 aliphatic rings. The first-order valence-electron chi connectivity index (χ1n) is 6.90. The smallest absolute Gasteiger partial charge is 0.0670 e. The Kier molecular flexibility index (Phi) is 3.02. The fourth-order valence-electron chi connectivity index (χ4n) is 3.12. The SMILES string of the molecule is Clc1cccc(-c2cccc3c2Cc2ccccc2-3)c1Cl. The number of rotatable bonds is 1. The van der Waals surface area contributed by atoms with Crippen molar-refractivity contribution in [1.29, 1.82) is 0 Å². The van der Waals surface area contributed by atoms with E-state index in [0.29, 0.717) is 10.0 Å². The Balaban J connectivity index is 1.97. The highest BCUT2D eigenvalue weighted by Crippen LogP contribution is 2.43. The summed E-state index contributed by atoms with van der Waals surface area (Å²) in [6.07, 6.45) is 0.949. The fourth-order valence-corrected chi connectivity index (χ4v) is 3.52. The number of benzene rings is 3. The predicted octanol–water partition coefficient (Wildman–Crippen LogP) is 6.23. The van der Waals surface area contributed by atoms with E-state index in [2.05, 4.69) is 42.5 Å². The zero-order valence-corrected chi connectivity index (χ0v) is 12.7. The number of hydrogen-bond donors (Lipinski definition) is 0. The van der Waals surface area contributed by atoms with Crippen LogP contribution in [0, 0.1) is 0 Å². The van der Waals surface area contributed by atoms with Gasteiger partial charge in [-0.15, -0.1) is 0 Å². The topological polar surface area (TPSA) is 0 Å². The van der Waals surface area contributed by atoms with Crippen molar-refractivity contribution < 1.29 is 0 Å². The van der Waals surface area contributed by atoms with Gasteiger partial charge in [-0.2, -0.15) is 0 Å². The third kappa shape index (κ3) is 1.98. The summed E-state index contributed by atoms with van der Waals surface area (Å²) in [7, 11) is 0. The van der Waals surface area contributed by atoms with Crippen molar-refractivity contribution in [2.24, 2.45) is 0 Å². The van der Waals surface area contributed by atoms with Crippen LogP contribution in [0.3, 0.4) is 0 Å². The summed E-state index contributed by atoms with van der Waals surface area (Å²) in [5.74, 6) is 0. The van der Waals surface area contributed by atoms with Gasteiger partial charge in [-0.1, -0.05) is 77.8 Å². The molecule has 0 aromatic heterocycles. The first-order valence-corrected chi connectivity index (χ1v) is 7.66. The van der Waals surface area contributed by atoms with Crippen LogP contribution in [0.5, 0.6) is 0 Å². The fraction of sp³-hybridized carbons (Fsp3) is 0.0526. The molecule has 3 aromatic carbocycles. The molecule has 0 atom stereocenters. The highest BCUT2D eigenvalue weighted by molar-refractivity contribution is 6.43. The van der Waals surface area contributed by atoms with Crippen molar-refractivity contribution in [2.75, 3.05) is 0 Å². The lowest BCUT2D eigenvalue weighted by atomic mass is 9.96. The Labute approximate surface area is 134 Å². The van der Waals surface area contributed by atoms with Gasteiger partial charge >= 0.3 is 0 Å². The molecule has 0 saturated carbocycles. The average molecular weight is 311 g/mol. The molecule has 2 heteroatoms. The molecule has 0 unspecified atom stereocenters. The quantitative estimate of drug-likeness (QED) is 0.391. The van der Waals surface area contributed by atoms with Crippen LogP contribution in [-0.4, -0.2) is 0 Å². The van der Waals surface area contributed by atoms with Gasteiger partial charge in [-0.25, -0.2) is 0 Å². The molecule has 0 spiro atoms. The molecule has 0 fully saturated rings. The summed E-state index contributed by atoms with van der Waals surface area (Å²) < 4.78 is 0. The van der Waals surface area contributed by atoms with Crippen molar-refractivity contribution in [1.82, 2.24) is 0 Å². The third-order valence-electron chi connectivity index (χ3n) is 4.09. The summed E-state index contributed by atoms with van der Waals surface area (Å²) >= 11 is 12.6. The molecule has 0 heterocycles. The van der Waals surface area contributed by atoms with Crippen LogP contribution < -0.4 is 0 Å². The Hall–Kier alpha value is -1.76. The second-order valence-electron chi connectivity index (χ2n) is 5.27. The molecule has 4 rings (SSSR count). The summed E-state index contributed by atoms with van der Waals surface area (Å²) in [4.78, 5) is 0. The molecular weight excluding hydrogens is 299 g/mol. The minimum Gasteiger partial charge on any atom is -0.0827 e. The summed E-state index contributed by atoms with van der Waals surface area (Å²) in [6.45, 7) is 0. The highest BCUT2D eigenvalue weighted by Gasteiger charge is 2.22. The molecule has 0 saturated heterocycles. The molecule has 0 radical (unpaired) electrons. The second kappa shape index (κ2) is 4.91. The first-order chi connectivity index (χ1) is 10.3. The Morgan fingerprint density at radius 3 is 2.10 bits per heavy atom. The van der Waals surface area contributed by atoms with E-state index in [9.17, 15) is 0 Å². The van der Waals surface area contributed by atoms with Crippen LogP contribution in [0.2, 0.25) is 10.0 Å². The molecule has 1 aliphatic carbocycles. The minimum atomic E-state index is 0.599. The average Bonchev–Trinajstić information content (AvgIpc) is 2.89.